The normalized spacial score (nSPS) is 12.0. The Hall–Kier alpha value is -1.59. The third-order valence-electron chi connectivity index (χ3n) is 2.70. The Kier molecular flexibility index (Phi) is 5.20. The Morgan fingerprint density at radius 1 is 1.19 bits per heavy atom. The number of hydrogen-bond acceptors (Lipinski definition) is 2. The third kappa shape index (κ3) is 4.19. The average Bonchev–Trinajstić information content (AvgIpc) is 2.45. The van der Waals surface area contributed by atoms with Crippen LogP contribution in [-0.4, -0.2) is 11.2 Å². The molecule has 0 aromatic heterocycles. The highest BCUT2D eigenvalue weighted by atomic mass is 35.5. The maximum Gasteiger partial charge on any atom is 0.237 e. The summed E-state index contributed by atoms with van der Waals surface area (Å²) < 4.78 is 26.0. The number of benzene rings is 2. The molecule has 0 aliphatic rings. The molecule has 110 valence electrons. The Balaban J connectivity index is 2.02. The summed E-state index contributed by atoms with van der Waals surface area (Å²) in [6, 6.07) is 10.4. The topological polar surface area (TPSA) is 29.1 Å². The van der Waals surface area contributed by atoms with Gasteiger partial charge in [0, 0.05) is 4.90 Å². The zero-order valence-electron chi connectivity index (χ0n) is 11.1. The van der Waals surface area contributed by atoms with Crippen LogP contribution in [0.4, 0.5) is 14.5 Å². The van der Waals surface area contributed by atoms with Gasteiger partial charge in [-0.05, 0) is 37.3 Å². The lowest BCUT2D eigenvalue weighted by atomic mass is 10.3. The minimum atomic E-state index is -0.932. The van der Waals surface area contributed by atoms with E-state index in [0.717, 1.165) is 23.9 Å². The number of hydrogen-bond donors (Lipinski definition) is 1. The zero-order chi connectivity index (χ0) is 15.4. The van der Waals surface area contributed by atoms with Crippen LogP contribution in [0.1, 0.15) is 6.92 Å². The van der Waals surface area contributed by atoms with Crippen molar-refractivity contribution in [2.75, 3.05) is 5.32 Å². The maximum absolute atomic E-state index is 13.1. The average molecular weight is 328 g/mol. The molecule has 0 heterocycles. The molecule has 2 nitrogen and oxygen atoms in total. The van der Waals surface area contributed by atoms with Crippen LogP contribution in [-0.2, 0) is 4.79 Å². The zero-order valence-corrected chi connectivity index (χ0v) is 12.6. The number of nitrogens with one attached hydrogen (secondary N) is 1. The molecule has 1 atom stereocenters. The van der Waals surface area contributed by atoms with E-state index in [4.69, 9.17) is 11.6 Å². The number of amides is 1. The molecule has 1 unspecified atom stereocenters. The molecule has 1 amide bonds. The standard InChI is InChI=1S/C15H12ClF2NOS/c1-9(21-10-6-7-12(17)13(18)8-10)15(20)19-14-5-3-2-4-11(14)16/h2-9H,1H3,(H,19,20). The van der Waals surface area contributed by atoms with E-state index in [0.29, 0.717) is 15.6 Å². The predicted octanol–water partition coefficient (Wildman–Crippen LogP) is 4.74. The monoisotopic (exact) mass is 327 g/mol. The Bertz CT molecular complexity index is 666. The summed E-state index contributed by atoms with van der Waals surface area (Å²) in [7, 11) is 0. The quantitative estimate of drug-likeness (QED) is 0.822. The molecule has 0 saturated carbocycles. The van der Waals surface area contributed by atoms with Crippen LogP contribution >= 0.6 is 23.4 Å². The van der Waals surface area contributed by atoms with Crippen LogP contribution in [0.25, 0.3) is 0 Å². The van der Waals surface area contributed by atoms with Gasteiger partial charge in [-0.3, -0.25) is 4.79 Å². The van der Waals surface area contributed by atoms with Crippen LogP contribution in [0.2, 0.25) is 5.02 Å². The Morgan fingerprint density at radius 2 is 1.90 bits per heavy atom. The fraction of sp³-hybridized carbons (Fsp3) is 0.133. The second-order valence-corrected chi connectivity index (χ2v) is 6.13. The van der Waals surface area contributed by atoms with E-state index in [1.165, 1.54) is 6.07 Å². The highest BCUT2D eigenvalue weighted by Gasteiger charge is 2.16. The highest BCUT2D eigenvalue weighted by molar-refractivity contribution is 8.00. The summed E-state index contributed by atoms with van der Waals surface area (Å²) in [4.78, 5) is 12.5. The van der Waals surface area contributed by atoms with Crippen molar-refractivity contribution >= 4 is 35.0 Å². The number of thioether (sulfide) groups is 1. The van der Waals surface area contributed by atoms with Crippen LogP contribution < -0.4 is 5.32 Å². The number of para-hydroxylation sites is 1. The van der Waals surface area contributed by atoms with Gasteiger partial charge < -0.3 is 5.32 Å². The number of carbonyl (C=O) groups is 1. The molecular formula is C15H12ClF2NOS. The van der Waals surface area contributed by atoms with Crippen molar-refractivity contribution < 1.29 is 13.6 Å². The van der Waals surface area contributed by atoms with Gasteiger partial charge in [0.1, 0.15) is 0 Å². The van der Waals surface area contributed by atoms with Crippen LogP contribution in [0.15, 0.2) is 47.4 Å². The molecule has 0 aliphatic heterocycles. The summed E-state index contributed by atoms with van der Waals surface area (Å²) in [6.45, 7) is 1.68. The molecule has 2 aromatic rings. The van der Waals surface area contributed by atoms with Crippen LogP contribution in [0, 0.1) is 11.6 Å². The number of carbonyl (C=O) groups excluding carboxylic acids is 1. The van der Waals surface area contributed by atoms with Gasteiger partial charge in [0.2, 0.25) is 5.91 Å². The van der Waals surface area contributed by atoms with E-state index < -0.39 is 16.9 Å². The molecule has 2 aromatic carbocycles. The molecule has 0 fully saturated rings. The van der Waals surface area contributed by atoms with Crippen molar-refractivity contribution in [2.45, 2.75) is 17.1 Å². The van der Waals surface area contributed by atoms with E-state index in [1.807, 2.05) is 0 Å². The maximum atomic E-state index is 13.1. The SMILES string of the molecule is CC(Sc1ccc(F)c(F)c1)C(=O)Nc1ccccc1Cl. The lowest BCUT2D eigenvalue weighted by Gasteiger charge is -2.13. The van der Waals surface area contributed by atoms with Crippen molar-refractivity contribution in [1.29, 1.82) is 0 Å². The van der Waals surface area contributed by atoms with Gasteiger partial charge >= 0.3 is 0 Å². The summed E-state index contributed by atoms with van der Waals surface area (Å²) in [5.41, 5.74) is 0.516. The van der Waals surface area contributed by atoms with Gasteiger partial charge in [0.25, 0.3) is 0 Å². The highest BCUT2D eigenvalue weighted by Crippen LogP contribution is 2.27. The predicted molar refractivity (Wildman–Crippen MR) is 81.8 cm³/mol. The van der Waals surface area contributed by atoms with Crippen molar-refractivity contribution in [3.05, 3.63) is 59.1 Å². The lowest BCUT2D eigenvalue weighted by molar-refractivity contribution is -0.115. The van der Waals surface area contributed by atoms with E-state index in [2.05, 4.69) is 5.32 Å². The number of halogens is 3. The third-order valence-corrected chi connectivity index (χ3v) is 4.13. The van der Waals surface area contributed by atoms with Gasteiger partial charge in [-0.2, -0.15) is 0 Å². The second kappa shape index (κ2) is 6.91. The largest absolute Gasteiger partial charge is 0.324 e. The molecule has 0 saturated heterocycles. The van der Waals surface area contributed by atoms with Crippen LogP contribution in [0.5, 0.6) is 0 Å². The summed E-state index contributed by atoms with van der Waals surface area (Å²) in [5, 5.41) is 2.66. The molecule has 1 N–H and O–H groups in total. The molecular weight excluding hydrogens is 316 g/mol. The fourth-order valence-corrected chi connectivity index (χ4v) is 2.68. The van der Waals surface area contributed by atoms with Crippen molar-refractivity contribution in [3.8, 4) is 0 Å². The minimum absolute atomic E-state index is 0.266. The van der Waals surface area contributed by atoms with E-state index >= 15 is 0 Å². The lowest BCUT2D eigenvalue weighted by Crippen LogP contribution is -2.22. The molecule has 0 bridgehead atoms. The summed E-state index contributed by atoms with van der Waals surface area (Å²) >= 11 is 7.10. The van der Waals surface area contributed by atoms with E-state index in [-0.39, 0.29) is 5.91 Å². The van der Waals surface area contributed by atoms with E-state index in [1.54, 1.807) is 31.2 Å². The number of anilines is 1. The minimum Gasteiger partial charge on any atom is -0.324 e. The van der Waals surface area contributed by atoms with Crippen molar-refractivity contribution in [2.24, 2.45) is 0 Å². The van der Waals surface area contributed by atoms with E-state index in [9.17, 15) is 13.6 Å². The summed E-state index contributed by atoms with van der Waals surface area (Å²) in [5.74, 6) is -2.11. The first-order chi connectivity index (χ1) is 9.97. The molecule has 0 spiro atoms. The van der Waals surface area contributed by atoms with Crippen molar-refractivity contribution in [1.82, 2.24) is 0 Å². The first kappa shape index (κ1) is 15.8. The van der Waals surface area contributed by atoms with Gasteiger partial charge in [0.05, 0.1) is 16.0 Å². The summed E-state index contributed by atoms with van der Waals surface area (Å²) in [6.07, 6.45) is 0. The number of rotatable bonds is 4. The molecule has 0 radical (unpaired) electrons. The van der Waals surface area contributed by atoms with Gasteiger partial charge in [-0.1, -0.05) is 23.7 Å². The van der Waals surface area contributed by atoms with Crippen LogP contribution in [0.3, 0.4) is 0 Å². The second-order valence-electron chi connectivity index (χ2n) is 4.31. The van der Waals surface area contributed by atoms with Gasteiger partial charge in [-0.15, -0.1) is 11.8 Å². The first-order valence-corrected chi connectivity index (χ1v) is 7.40. The van der Waals surface area contributed by atoms with Gasteiger partial charge in [-0.25, -0.2) is 8.78 Å². The molecule has 2 rings (SSSR count). The van der Waals surface area contributed by atoms with Gasteiger partial charge in [0.15, 0.2) is 11.6 Å². The fourth-order valence-electron chi connectivity index (χ4n) is 1.60. The first-order valence-electron chi connectivity index (χ1n) is 6.14. The Morgan fingerprint density at radius 3 is 2.57 bits per heavy atom. The molecule has 6 heteroatoms. The molecule has 0 aliphatic carbocycles. The smallest absolute Gasteiger partial charge is 0.237 e. The Labute approximate surface area is 130 Å². The van der Waals surface area contributed by atoms with Crippen molar-refractivity contribution in [3.63, 3.8) is 0 Å². The molecule has 21 heavy (non-hydrogen) atoms.